The molecular weight excluding hydrogens is 961 g/mol. The number of aromatic amines is 1. The van der Waals surface area contributed by atoms with E-state index in [0.717, 1.165) is 11.0 Å². The fraction of sp³-hybridized carbons (Fsp3) is 0.256. The summed E-state index contributed by atoms with van der Waals surface area (Å²) in [7, 11) is -9.36. The van der Waals surface area contributed by atoms with Crippen LogP contribution in [0, 0.1) is 11.8 Å². The number of carbonyl (C=O) groups excluding carboxylic acids is 1. The molecule has 7 rings (SSSR count). The van der Waals surface area contributed by atoms with Crippen LogP contribution in [0.1, 0.15) is 28.6 Å². The molecular formula is C39H41N8O16P3S. The first kappa shape index (κ1) is 49.1. The molecule has 0 radical (unpaired) electrons. The molecule has 3 aliphatic rings. The Kier molecular flexibility index (Phi) is 14.0. The van der Waals surface area contributed by atoms with E-state index in [1.54, 1.807) is 6.07 Å². The van der Waals surface area contributed by atoms with E-state index in [1.165, 1.54) is 22.9 Å². The van der Waals surface area contributed by atoms with Crippen LogP contribution in [0.5, 0.6) is 0 Å². The summed E-state index contributed by atoms with van der Waals surface area (Å²) in [5.74, 6) is 4.60. The van der Waals surface area contributed by atoms with E-state index in [4.69, 9.17) is 36.9 Å². The maximum absolute atomic E-state index is 13.1. The van der Waals surface area contributed by atoms with E-state index in [1.807, 2.05) is 74.1 Å². The highest BCUT2D eigenvalue weighted by Gasteiger charge is 2.43. The van der Waals surface area contributed by atoms with Crippen molar-refractivity contribution in [1.82, 2.24) is 24.4 Å². The van der Waals surface area contributed by atoms with Crippen LogP contribution >= 0.6 is 35.7 Å². The molecule has 4 heterocycles. The van der Waals surface area contributed by atoms with Crippen LogP contribution in [0.25, 0.3) is 44.5 Å². The summed E-state index contributed by atoms with van der Waals surface area (Å²) >= 11 is 5.56. The fourth-order valence-electron chi connectivity index (χ4n) is 7.15. The first-order valence-corrected chi connectivity index (χ1v) is 24.4. The Morgan fingerprint density at radius 3 is 2.51 bits per heavy atom. The number of benzene rings is 3. The van der Waals surface area contributed by atoms with E-state index in [9.17, 15) is 43.3 Å². The van der Waals surface area contributed by atoms with Gasteiger partial charge in [0, 0.05) is 72.3 Å². The molecule has 354 valence electrons. The summed E-state index contributed by atoms with van der Waals surface area (Å²) in [6.07, 6.45) is -2.70. The van der Waals surface area contributed by atoms with E-state index >= 15 is 0 Å². The van der Waals surface area contributed by atoms with Crippen molar-refractivity contribution in [2.45, 2.75) is 24.9 Å². The number of thiocarbonyl (C=S) groups is 1. The van der Waals surface area contributed by atoms with Crippen molar-refractivity contribution in [3.8, 4) is 34.3 Å². The summed E-state index contributed by atoms with van der Waals surface area (Å²) in [5.41, 5.74) is 8.65. The highest BCUT2D eigenvalue weighted by Crippen LogP contribution is 2.66. The number of carboxylic acid groups (broad SMARTS) is 1. The van der Waals surface area contributed by atoms with Gasteiger partial charge in [-0.3, -0.25) is 14.3 Å². The van der Waals surface area contributed by atoms with Crippen LogP contribution in [-0.4, -0.2) is 104 Å². The number of carbonyl (C=O) groups is 1. The van der Waals surface area contributed by atoms with E-state index < -0.39 is 60.0 Å². The predicted octanol–water partition coefficient (Wildman–Crippen LogP) is 1.62. The number of aliphatic hydroxyl groups excluding tert-OH is 1. The smallest absolute Gasteiger partial charge is 0.490 e. The zero-order chi connectivity index (χ0) is 48.7. The molecule has 2 unspecified atom stereocenters. The minimum absolute atomic E-state index is 0.0117. The van der Waals surface area contributed by atoms with Gasteiger partial charge in [-0.2, -0.15) is 13.6 Å². The molecule has 0 bridgehead atoms. The maximum Gasteiger partial charge on any atom is 0.490 e. The summed E-state index contributed by atoms with van der Waals surface area (Å²) in [4.78, 5) is 71.0. The van der Waals surface area contributed by atoms with Crippen molar-refractivity contribution in [3.05, 3.63) is 87.6 Å². The molecule has 1 aliphatic carbocycles. The van der Waals surface area contributed by atoms with Crippen LogP contribution in [0.15, 0.2) is 70.0 Å². The molecule has 0 spiro atoms. The third-order valence-corrected chi connectivity index (χ3v) is 14.1. The molecule has 28 heteroatoms. The number of rotatable bonds is 13. The van der Waals surface area contributed by atoms with Gasteiger partial charge in [0.25, 0.3) is 5.56 Å². The van der Waals surface area contributed by atoms with Crippen LogP contribution in [0.4, 0.5) is 17.3 Å². The Balaban J connectivity index is 1.10. The number of H-pyrrole nitrogens is 1. The predicted molar refractivity (Wildman–Crippen MR) is 244 cm³/mol. The van der Waals surface area contributed by atoms with E-state index in [2.05, 4.69) is 45.6 Å². The van der Waals surface area contributed by atoms with Crippen molar-refractivity contribution in [2.75, 3.05) is 57.3 Å². The third-order valence-electron chi connectivity index (χ3n) is 10.1. The molecule has 24 nitrogen and oxygen atoms in total. The SMILES string of the molecule is CN(C)c1ccc2c(-c3cc(NC(=S)NCC#Cc4cn([C@H]5C[C@H](O)[C@@H](COP(=O)(O)OP(=O)(O)OP(=O)(O)O)O5)c5nc(N)[nH]c(=O)c45)ccc3C(=O)[O-])c3ccc(=[N+](C)C)cc-3oc2c1. The molecule has 4 aromatic rings. The topological polar surface area (TPSA) is 350 Å². The Labute approximate surface area is 384 Å². The highest BCUT2D eigenvalue weighted by atomic mass is 32.1. The average molecular weight is 1000 g/mol. The van der Waals surface area contributed by atoms with Gasteiger partial charge in [-0.05, 0) is 48.1 Å². The summed E-state index contributed by atoms with van der Waals surface area (Å²) in [5, 5.41) is 30.9. The number of phosphoric ester groups is 1. The molecule has 5 atom stereocenters. The number of carboxylic acids is 1. The number of phosphoric acid groups is 3. The van der Waals surface area contributed by atoms with Gasteiger partial charge < -0.3 is 69.6 Å². The number of nitrogens with two attached hydrogens (primary N) is 1. The number of aliphatic hydroxyl groups is 1. The van der Waals surface area contributed by atoms with Crippen molar-refractivity contribution in [1.29, 1.82) is 0 Å². The Hall–Kier alpha value is -5.80. The summed E-state index contributed by atoms with van der Waals surface area (Å²) < 4.78 is 62.4. The van der Waals surface area contributed by atoms with Gasteiger partial charge in [0.2, 0.25) is 11.3 Å². The van der Waals surface area contributed by atoms with Crippen molar-refractivity contribution in [3.63, 3.8) is 0 Å². The first-order valence-electron chi connectivity index (χ1n) is 19.5. The van der Waals surface area contributed by atoms with Gasteiger partial charge in [0.15, 0.2) is 10.8 Å². The quantitative estimate of drug-likeness (QED) is 0.0261. The molecule has 1 saturated heterocycles. The standard InChI is InChI=1S/C39H41N8O16P3S/c1-45(2)22-8-11-25-29(15-22)60-30-16-23(46(3)4)9-12-26(30)34(25)27-14-21(7-10-24(27)37(50)51)42-39(67)41-13-5-6-20-18-47(35-33(20)36(49)44-38(40)43-35)32-17-28(48)31(61-32)19-59-65(55,56)63-66(57,58)62-64(52,53)54/h7-12,14-16,18,28,31-32,48H,13,17,19H2,1-4H3,(H9-,40,41,42,43,44,49,50,51,52,53,54,55,56,57,58,67)/t28-,31+,32+/m0/s1. The Morgan fingerprint density at radius 2 is 1.82 bits per heavy atom. The lowest BCUT2D eigenvalue weighted by Crippen LogP contribution is -2.29. The number of hydrogen-bond acceptors (Lipinski definition) is 16. The minimum Gasteiger partial charge on any atom is -0.545 e. The number of hydrogen-bond donors (Lipinski definition) is 9. The number of aromatic nitrogens is 3. The maximum atomic E-state index is 13.1. The second-order valence-electron chi connectivity index (χ2n) is 15.2. The second-order valence-corrected chi connectivity index (χ2v) is 20.0. The van der Waals surface area contributed by atoms with Gasteiger partial charge in [-0.1, -0.05) is 17.9 Å². The third kappa shape index (κ3) is 11.3. The van der Waals surface area contributed by atoms with Gasteiger partial charge in [-0.25, -0.2) is 18.3 Å². The molecule has 10 N–H and O–H groups in total. The average Bonchev–Trinajstić information content (AvgIpc) is 3.78. The lowest BCUT2D eigenvalue weighted by Gasteiger charge is -2.21. The van der Waals surface area contributed by atoms with E-state index in [-0.39, 0.29) is 46.2 Å². The number of nitrogens with one attached hydrogen (secondary N) is 3. The number of anilines is 3. The van der Waals surface area contributed by atoms with Gasteiger partial charge >= 0.3 is 23.5 Å². The van der Waals surface area contributed by atoms with Crippen LogP contribution < -0.4 is 41.9 Å². The lowest BCUT2D eigenvalue weighted by atomic mass is 9.90. The monoisotopic (exact) mass is 1000 g/mol. The van der Waals surface area contributed by atoms with Gasteiger partial charge in [-0.15, -0.1) is 0 Å². The Bertz CT molecular complexity index is 3280. The molecule has 0 saturated carbocycles. The van der Waals surface area contributed by atoms with E-state index in [0.29, 0.717) is 39.1 Å². The number of nitrogen functional groups attached to an aromatic ring is 1. The molecule has 2 aromatic heterocycles. The molecule has 67 heavy (non-hydrogen) atoms. The number of nitrogens with zero attached hydrogens (tertiary/aromatic N) is 4. The molecule has 2 aromatic carbocycles. The normalized spacial score (nSPS) is 18.0. The Morgan fingerprint density at radius 1 is 1.07 bits per heavy atom. The zero-order valence-electron chi connectivity index (χ0n) is 35.5. The van der Waals surface area contributed by atoms with Crippen LogP contribution in [-0.2, 0) is 31.6 Å². The van der Waals surface area contributed by atoms with Gasteiger partial charge in [0.1, 0.15) is 37.8 Å². The summed E-state index contributed by atoms with van der Waals surface area (Å²) in [6, 6.07) is 15.9. The number of fused-ring (bicyclic) bond motifs is 3. The lowest BCUT2D eigenvalue weighted by molar-refractivity contribution is -0.254. The first-order chi connectivity index (χ1) is 31.4. The van der Waals surface area contributed by atoms with Crippen LogP contribution in [0.2, 0.25) is 0 Å². The van der Waals surface area contributed by atoms with Gasteiger partial charge in [0.05, 0.1) is 42.2 Å². The number of aromatic carboxylic acids is 1. The van der Waals surface area contributed by atoms with Crippen molar-refractivity contribution < 1.29 is 70.6 Å². The van der Waals surface area contributed by atoms with Crippen molar-refractivity contribution in [2.24, 2.45) is 0 Å². The molecule has 1 fully saturated rings. The number of ether oxygens (including phenoxy) is 1. The van der Waals surface area contributed by atoms with Crippen molar-refractivity contribution >= 4 is 86.1 Å². The molecule has 0 amide bonds. The fourth-order valence-corrected chi connectivity index (χ4v) is 10.4. The largest absolute Gasteiger partial charge is 0.545 e. The second kappa shape index (κ2) is 19.1. The van der Waals surface area contributed by atoms with Crippen LogP contribution in [0.3, 0.4) is 0 Å². The highest BCUT2D eigenvalue weighted by molar-refractivity contribution is 7.80. The minimum atomic E-state index is -5.79. The molecule has 2 aliphatic heterocycles. The summed E-state index contributed by atoms with van der Waals surface area (Å²) in [6.45, 7) is -1.00. The zero-order valence-corrected chi connectivity index (χ0v) is 39.0.